The number of nitrogens with two attached hydrogens (primary N) is 1. The molecule has 0 spiro atoms. The van der Waals surface area contributed by atoms with Gasteiger partial charge in [0.05, 0.1) is 24.7 Å². The molecule has 0 bridgehead atoms. The molecule has 0 aliphatic carbocycles. The van der Waals surface area contributed by atoms with Gasteiger partial charge in [-0.1, -0.05) is 24.3 Å². The van der Waals surface area contributed by atoms with E-state index in [2.05, 4.69) is 15.7 Å². The van der Waals surface area contributed by atoms with Gasteiger partial charge in [-0.15, -0.1) is 0 Å². The van der Waals surface area contributed by atoms with Crippen LogP contribution in [0.4, 0.5) is 15.8 Å². The third kappa shape index (κ3) is 6.08. The van der Waals surface area contributed by atoms with Gasteiger partial charge in [0.25, 0.3) is 0 Å². The number of amides is 1. The average molecular weight is 448 g/mol. The Morgan fingerprint density at radius 1 is 1.12 bits per heavy atom. The maximum atomic E-state index is 14.2. The minimum atomic E-state index is -0.480. The van der Waals surface area contributed by atoms with E-state index in [4.69, 9.17) is 10.2 Å². The molecule has 0 aliphatic rings. The Morgan fingerprint density at radius 2 is 1.97 bits per heavy atom. The molecule has 0 unspecified atom stereocenters. The lowest BCUT2D eigenvalue weighted by Gasteiger charge is -2.11. The van der Waals surface area contributed by atoms with E-state index in [-0.39, 0.29) is 18.0 Å². The van der Waals surface area contributed by atoms with Crippen molar-refractivity contribution in [3.05, 3.63) is 90.4 Å². The van der Waals surface area contributed by atoms with Crippen LogP contribution >= 0.6 is 0 Å². The summed E-state index contributed by atoms with van der Waals surface area (Å²) in [5.74, 6) is -0.0318. The number of carbonyl (C=O) groups is 1. The highest BCUT2D eigenvalue weighted by Crippen LogP contribution is 2.22. The van der Waals surface area contributed by atoms with Crippen molar-refractivity contribution in [2.45, 2.75) is 25.9 Å². The zero-order valence-corrected chi connectivity index (χ0v) is 18.1. The number of carbonyl (C=O) groups excluding carboxylic acids is 1. The Bertz CT molecular complexity index is 1190. The number of nitrogens with zero attached hydrogens (tertiary/aromatic N) is 2. The molecule has 4 aromatic rings. The predicted octanol–water partition coefficient (Wildman–Crippen LogP) is 4.42. The van der Waals surface area contributed by atoms with Crippen molar-refractivity contribution in [3.63, 3.8) is 0 Å². The normalized spacial score (nSPS) is 10.8. The van der Waals surface area contributed by atoms with Crippen LogP contribution in [-0.2, 0) is 24.3 Å². The molecule has 170 valence electrons. The number of benzene rings is 2. The zero-order valence-electron chi connectivity index (χ0n) is 18.1. The van der Waals surface area contributed by atoms with E-state index in [1.165, 1.54) is 6.07 Å². The van der Waals surface area contributed by atoms with E-state index in [1.54, 1.807) is 30.5 Å². The average Bonchev–Trinajstić information content (AvgIpc) is 3.51. The van der Waals surface area contributed by atoms with Gasteiger partial charge < -0.3 is 20.8 Å². The van der Waals surface area contributed by atoms with Crippen LogP contribution in [0.15, 0.2) is 77.7 Å². The fourth-order valence-electron chi connectivity index (χ4n) is 3.42. The summed E-state index contributed by atoms with van der Waals surface area (Å²) >= 11 is 0. The van der Waals surface area contributed by atoms with E-state index in [0.29, 0.717) is 31.7 Å². The molecule has 1 amide bonds. The highest BCUT2D eigenvalue weighted by Gasteiger charge is 2.10. The molecule has 4 N–H and O–H groups in total. The smallest absolute Gasteiger partial charge is 0.224 e. The third-order valence-corrected chi connectivity index (χ3v) is 5.19. The van der Waals surface area contributed by atoms with E-state index in [1.807, 2.05) is 41.3 Å². The Balaban J connectivity index is 1.32. The van der Waals surface area contributed by atoms with Crippen molar-refractivity contribution in [3.8, 4) is 11.1 Å². The van der Waals surface area contributed by atoms with Crippen molar-refractivity contribution in [1.29, 1.82) is 0 Å². The van der Waals surface area contributed by atoms with Gasteiger partial charge in [0.2, 0.25) is 5.91 Å². The van der Waals surface area contributed by atoms with Crippen molar-refractivity contribution in [1.82, 2.24) is 9.78 Å². The van der Waals surface area contributed by atoms with E-state index in [0.717, 1.165) is 22.5 Å². The Hall–Kier alpha value is -3.91. The molecule has 7 nitrogen and oxygen atoms in total. The molecule has 2 aromatic carbocycles. The van der Waals surface area contributed by atoms with Crippen LogP contribution < -0.4 is 16.4 Å². The number of hydrogen-bond donors (Lipinski definition) is 3. The first-order valence-electron chi connectivity index (χ1n) is 10.8. The maximum absolute atomic E-state index is 14.2. The van der Waals surface area contributed by atoms with Gasteiger partial charge in [0.15, 0.2) is 0 Å². The molecule has 33 heavy (non-hydrogen) atoms. The molecule has 0 aliphatic heterocycles. The summed E-state index contributed by atoms with van der Waals surface area (Å²) in [6.45, 7) is 1.79. The summed E-state index contributed by atoms with van der Waals surface area (Å²) in [6.07, 6.45) is 6.03. The predicted molar refractivity (Wildman–Crippen MR) is 126 cm³/mol. The van der Waals surface area contributed by atoms with Gasteiger partial charge in [-0.3, -0.25) is 9.48 Å². The van der Waals surface area contributed by atoms with Crippen LogP contribution in [0.3, 0.4) is 0 Å². The number of rotatable bonds is 10. The van der Waals surface area contributed by atoms with E-state index < -0.39 is 5.82 Å². The second-order valence-electron chi connectivity index (χ2n) is 7.65. The highest BCUT2D eigenvalue weighted by atomic mass is 19.1. The number of nitrogens with one attached hydrogen (secondary N) is 2. The van der Waals surface area contributed by atoms with Gasteiger partial charge in [-0.05, 0) is 41.5 Å². The summed E-state index contributed by atoms with van der Waals surface area (Å²) in [7, 11) is 0. The van der Waals surface area contributed by atoms with Crippen molar-refractivity contribution < 1.29 is 13.6 Å². The molecule has 0 radical (unpaired) electrons. The Kier molecular flexibility index (Phi) is 7.16. The molecule has 2 heterocycles. The number of furan rings is 1. The summed E-state index contributed by atoms with van der Waals surface area (Å²) in [5.41, 5.74) is 9.61. The first kappa shape index (κ1) is 22.3. The fourth-order valence-corrected chi connectivity index (χ4v) is 3.42. The number of hydrogen-bond acceptors (Lipinski definition) is 5. The van der Waals surface area contributed by atoms with Crippen LogP contribution in [0.2, 0.25) is 0 Å². The Labute approximate surface area is 191 Å². The number of halogens is 1. The molecule has 2 aromatic heterocycles. The van der Waals surface area contributed by atoms with Gasteiger partial charge in [0.1, 0.15) is 11.6 Å². The maximum Gasteiger partial charge on any atom is 0.224 e. The van der Waals surface area contributed by atoms with Crippen LogP contribution in [0.1, 0.15) is 17.7 Å². The van der Waals surface area contributed by atoms with Gasteiger partial charge in [-0.2, -0.15) is 5.10 Å². The molecule has 4 rings (SSSR count). The topological polar surface area (TPSA) is 98.1 Å². The van der Waals surface area contributed by atoms with Gasteiger partial charge in [0, 0.05) is 43.4 Å². The summed E-state index contributed by atoms with van der Waals surface area (Å²) < 4.78 is 21.2. The van der Waals surface area contributed by atoms with Crippen LogP contribution in [0, 0.1) is 5.82 Å². The van der Waals surface area contributed by atoms with E-state index in [9.17, 15) is 9.18 Å². The lowest BCUT2D eigenvalue weighted by atomic mass is 10.1. The highest BCUT2D eigenvalue weighted by molar-refractivity contribution is 5.91. The van der Waals surface area contributed by atoms with Crippen LogP contribution in [0.5, 0.6) is 0 Å². The second-order valence-corrected chi connectivity index (χ2v) is 7.65. The number of aromatic nitrogens is 2. The molecule has 0 atom stereocenters. The minimum absolute atomic E-state index is 0.147. The summed E-state index contributed by atoms with van der Waals surface area (Å²) in [4.78, 5) is 12.2. The van der Waals surface area contributed by atoms with Gasteiger partial charge in [-0.25, -0.2) is 4.39 Å². The summed E-state index contributed by atoms with van der Waals surface area (Å²) in [5, 5.41) is 10.2. The monoisotopic (exact) mass is 447 g/mol. The lowest BCUT2D eigenvalue weighted by Crippen LogP contribution is -2.13. The molecular weight excluding hydrogens is 421 g/mol. The van der Waals surface area contributed by atoms with Crippen molar-refractivity contribution in [2.24, 2.45) is 5.73 Å². The molecular formula is C25H26FN5O2. The van der Waals surface area contributed by atoms with Crippen LogP contribution in [-0.4, -0.2) is 22.2 Å². The quantitative estimate of drug-likeness (QED) is 0.334. The SMILES string of the molecule is NCCn1cc(-c2ccc(CNc3ccc(F)c(NC(=O)CCc4ccco4)c3)cc2)cn1. The number of aryl methyl sites for hydroxylation is 1. The Morgan fingerprint density at radius 3 is 2.73 bits per heavy atom. The first-order valence-corrected chi connectivity index (χ1v) is 10.8. The van der Waals surface area contributed by atoms with Crippen molar-refractivity contribution in [2.75, 3.05) is 17.2 Å². The standard InChI is InChI=1S/C25H26FN5O2/c26-23-9-7-21(14-24(23)30-25(32)10-8-22-2-1-13-33-22)28-15-18-3-5-19(6-4-18)20-16-29-31(17-20)12-11-27/h1-7,9,13-14,16-17,28H,8,10-12,15,27H2,(H,30,32). The van der Waals surface area contributed by atoms with E-state index >= 15 is 0 Å². The largest absolute Gasteiger partial charge is 0.469 e. The minimum Gasteiger partial charge on any atom is -0.469 e. The van der Waals surface area contributed by atoms with Crippen LogP contribution in [0.25, 0.3) is 11.1 Å². The molecule has 0 fully saturated rings. The molecule has 0 saturated carbocycles. The fraction of sp³-hybridized carbons (Fsp3) is 0.200. The molecule has 8 heteroatoms. The third-order valence-electron chi connectivity index (χ3n) is 5.19. The van der Waals surface area contributed by atoms with Crippen molar-refractivity contribution >= 4 is 17.3 Å². The molecule has 0 saturated heterocycles. The second kappa shape index (κ2) is 10.6. The first-order chi connectivity index (χ1) is 16.1. The van der Waals surface area contributed by atoms with Gasteiger partial charge >= 0.3 is 0 Å². The summed E-state index contributed by atoms with van der Waals surface area (Å²) in [6, 6.07) is 16.3. The zero-order chi connectivity index (χ0) is 23.0. The lowest BCUT2D eigenvalue weighted by molar-refractivity contribution is -0.116. The number of anilines is 2.